The van der Waals surface area contributed by atoms with Crippen LogP contribution in [0.1, 0.15) is 18.5 Å². The molecule has 1 aliphatic carbocycles. The van der Waals surface area contributed by atoms with Crippen molar-refractivity contribution in [3.63, 3.8) is 0 Å². The molecule has 0 spiro atoms. The number of aromatic nitrogens is 4. The molecule has 0 bridgehead atoms. The van der Waals surface area contributed by atoms with Crippen LogP contribution in [0.25, 0.3) is 105 Å². The third-order valence-electron chi connectivity index (χ3n) is 11.3. The first-order valence-corrected chi connectivity index (χ1v) is 18.9. The lowest BCUT2D eigenvalue weighted by Gasteiger charge is -2.15. The van der Waals surface area contributed by atoms with Crippen LogP contribution in [0.5, 0.6) is 0 Å². The van der Waals surface area contributed by atoms with E-state index in [0.717, 1.165) is 85.2 Å². The topological polar surface area (TPSA) is 48.8 Å². The molecule has 11 aromatic rings. The molecule has 7 aromatic carbocycles. The van der Waals surface area contributed by atoms with E-state index in [2.05, 4.69) is 155 Å². The van der Waals surface area contributed by atoms with Crippen molar-refractivity contribution in [1.82, 2.24) is 19.1 Å². The smallest absolute Gasteiger partial charge is 0.160 e. The van der Waals surface area contributed by atoms with Crippen molar-refractivity contribution >= 4 is 82.2 Å². The molecule has 4 aromatic heterocycles. The van der Waals surface area contributed by atoms with E-state index in [-0.39, 0.29) is 0 Å². The zero-order chi connectivity index (χ0) is 36.0. The molecule has 55 heavy (non-hydrogen) atoms. The second kappa shape index (κ2) is 11.6. The second-order valence-corrected chi connectivity index (χ2v) is 14.4. The standard InChI is InChI=1S/C50H32N4O/c1-3-15-31(16-4-1)46-47(52-39-23-11-10-22-38(39)51-46)32-27-29-34(30-28-32)54-41-25-13-8-20-36(41)45-48-43(44-37-21-9-14-26-42(37)55-50(44)49(45)54)35-19-7-12-24-40(35)53(48)33-17-5-2-6-18-33/h1-3,5-15,17-30H,4,16H2. The molecule has 0 unspecified atom stereocenters. The first kappa shape index (κ1) is 30.2. The van der Waals surface area contributed by atoms with Crippen molar-refractivity contribution in [2.45, 2.75) is 12.8 Å². The van der Waals surface area contributed by atoms with Crippen molar-refractivity contribution in [2.75, 3.05) is 0 Å². The Bertz CT molecular complexity index is 3410. The quantitative estimate of drug-likeness (QED) is 0.183. The fraction of sp³-hybridized carbons (Fsp3) is 0.0400. The van der Waals surface area contributed by atoms with Gasteiger partial charge in [-0.15, -0.1) is 0 Å². The van der Waals surface area contributed by atoms with Gasteiger partial charge in [0.25, 0.3) is 0 Å². The maximum Gasteiger partial charge on any atom is 0.160 e. The van der Waals surface area contributed by atoms with Gasteiger partial charge in [-0.2, -0.15) is 0 Å². The molecule has 0 radical (unpaired) electrons. The number of benzene rings is 7. The van der Waals surface area contributed by atoms with E-state index in [1.807, 2.05) is 24.3 Å². The Morgan fingerprint density at radius 1 is 0.491 bits per heavy atom. The van der Waals surface area contributed by atoms with E-state index < -0.39 is 0 Å². The average Bonchev–Trinajstić information content (AvgIpc) is 3.92. The van der Waals surface area contributed by atoms with Crippen molar-refractivity contribution < 1.29 is 4.42 Å². The summed E-state index contributed by atoms with van der Waals surface area (Å²) in [6.07, 6.45) is 8.48. The highest BCUT2D eigenvalue weighted by molar-refractivity contribution is 6.39. The molecule has 1 aliphatic rings. The van der Waals surface area contributed by atoms with Gasteiger partial charge in [0.1, 0.15) is 5.58 Å². The van der Waals surface area contributed by atoms with Crippen LogP contribution >= 0.6 is 0 Å². The van der Waals surface area contributed by atoms with E-state index in [4.69, 9.17) is 14.4 Å². The molecule has 4 heterocycles. The summed E-state index contributed by atoms with van der Waals surface area (Å²) in [5.41, 5.74) is 14.4. The number of allylic oxidation sites excluding steroid dienone is 4. The van der Waals surface area contributed by atoms with E-state index in [1.165, 1.54) is 38.2 Å². The van der Waals surface area contributed by atoms with Crippen LogP contribution < -0.4 is 0 Å². The van der Waals surface area contributed by atoms with Gasteiger partial charge in [0.2, 0.25) is 0 Å². The summed E-state index contributed by atoms with van der Waals surface area (Å²) in [7, 11) is 0. The number of furan rings is 1. The van der Waals surface area contributed by atoms with Crippen LogP contribution in [0.3, 0.4) is 0 Å². The van der Waals surface area contributed by atoms with Gasteiger partial charge in [-0.25, -0.2) is 9.97 Å². The maximum absolute atomic E-state index is 6.99. The molecule has 5 heteroatoms. The Hall–Kier alpha value is -7.24. The van der Waals surface area contributed by atoms with Gasteiger partial charge in [-0.3, -0.25) is 0 Å². The molecule has 0 amide bonds. The minimum Gasteiger partial charge on any atom is -0.454 e. The third-order valence-corrected chi connectivity index (χ3v) is 11.3. The summed E-state index contributed by atoms with van der Waals surface area (Å²) in [5.74, 6) is 0. The molecular weight excluding hydrogens is 673 g/mol. The molecular formula is C50H32N4O. The SMILES string of the molecule is C1=CCCC(c2nc3ccccc3nc2-c2ccc(-n3c4ccccc4c4c3c3oc5ccccc5c3c3c5ccccc5n(-c5ccccc5)c34)cc2)=C1. The summed E-state index contributed by atoms with van der Waals surface area (Å²) in [5, 5.41) is 7.00. The molecule has 0 saturated carbocycles. The third kappa shape index (κ3) is 4.35. The van der Waals surface area contributed by atoms with Crippen LogP contribution in [0.4, 0.5) is 0 Å². The Morgan fingerprint density at radius 3 is 1.82 bits per heavy atom. The monoisotopic (exact) mass is 704 g/mol. The van der Waals surface area contributed by atoms with Gasteiger partial charge in [-0.1, -0.05) is 115 Å². The zero-order valence-electron chi connectivity index (χ0n) is 29.8. The van der Waals surface area contributed by atoms with Crippen LogP contribution in [-0.2, 0) is 0 Å². The molecule has 5 nitrogen and oxygen atoms in total. The second-order valence-electron chi connectivity index (χ2n) is 14.4. The largest absolute Gasteiger partial charge is 0.454 e. The van der Waals surface area contributed by atoms with Crippen molar-refractivity contribution in [3.8, 4) is 22.6 Å². The number of hydrogen-bond acceptors (Lipinski definition) is 3. The summed E-state index contributed by atoms with van der Waals surface area (Å²) >= 11 is 0. The lowest BCUT2D eigenvalue weighted by molar-refractivity contribution is 0.671. The Kier molecular flexibility index (Phi) is 6.39. The molecule has 0 fully saturated rings. The summed E-state index contributed by atoms with van der Waals surface area (Å²) in [6, 6.07) is 53.8. The number of nitrogens with zero attached hydrogens (tertiary/aromatic N) is 4. The minimum atomic E-state index is 0.879. The van der Waals surface area contributed by atoms with Crippen molar-refractivity contribution in [1.29, 1.82) is 0 Å². The minimum absolute atomic E-state index is 0.879. The van der Waals surface area contributed by atoms with Crippen molar-refractivity contribution in [2.24, 2.45) is 0 Å². The first-order valence-electron chi connectivity index (χ1n) is 18.9. The average molecular weight is 705 g/mol. The lowest BCUT2D eigenvalue weighted by Crippen LogP contribution is -2.01. The number of para-hydroxylation sites is 6. The zero-order valence-corrected chi connectivity index (χ0v) is 29.8. The molecule has 0 saturated heterocycles. The Balaban J connectivity index is 1.20. The van der Waals surface area contributed by atoms with E-state index in [1.54, 1.807) is 0 Å². The normalized spacial score (nSPS) is 13.3. The fourth-order valence-corrected chi connectivity index (χ4v) is 8.99. The highest BCUT2D eigenvalue weighted by atomic mass is 16.3. The van der Waals surface area contributed by atoms with Gasteiger partial charge in [0.05, 0.1) is 44.5 Å². The highest BCUT2D eigenvalue weighted by Gasteiger charge is 2.27. The summed E-state index contributed by atoms with van der Waals surface area (Å²) in [6.45, 7) is 0. The Morgan fingerprint density at radius 2 is 1.09 bits per heavy atom. The Labute approximate surface area is 315 Å². The summed E-state index contributed by atoms with van der Waals surface area (Å²) < 4.78 is 11.8. The molecule has 0 N–H and O–H groups in total. The van der Waals surface area contributed by atoms with Crippen LogP contribution in [-0.4, -0.2) is 19.1 Å². The number of fused-ring (bicyclic) bond motifs is 13. The van der Waals surface area contributed by atoms with E-state index in [0.29, 0.717) is 0 Å². The van der Waals surface area contributed by atoms with Gasteiger partial charge in [0.15, 0.2) is 5.58 Å². The molecule has 258 valence electrons. The van der Waals surface area contributed by atoms with Crippen LogP contribution in [0.15, 0.2) is 174 Å². The number of rotatable bonds is 4. The molecule has 0 atom stereocenters. The molecule has 0 aliphatic heterocycles. The highest BCUT2D eigenvalue weighted by Crippen LogP contribution is 2.49. The maximum atomic E-state index is 6.99. The van der Waals surface area contributed by atoms with Gasteiger partial charge < -0.3 is 13.6 Å². The predicted octanol–water partition coefficient (Wildman–Crippen LogP) is 13.1. The summed E-state index contributed by atoms with van der Waals surface area (Å²) in [4.78, 5) is 10.4. The molecule has 12 rings (SSSR count). The van der Waals surface area contributed by atoms with Gasteiger partial charge in [-0.05, 0) is 73.0 Å². The fourth-order valence-electron chi connectivity index (χ4n) is 8.99. The van der Waals surface area contributed by atoms with E-state index in [9.17, 15) is 0 Å². The van der Waals surface area contributed by atoms with E-state index >= 15 is 0 Å². The van der Waals surface area contributed by atoms with Crippen molar-refractivity contribution in [3.05, 3.63) is 176 Å². The predicted molar refractivity (Wildman–Crippen MR) is 227 cm³/mol. The van der Waals surface area contributed by atoms with Crippen LogP contribution in [0.2, 0.25) is 0 Å². The van der Waals surface area contributed by atoms with Gasteiger partial charge >= 0.3 is 0 Å². The van der Waals surface area contributed by atoms with Crippen LogP contribution in [0, 0.1) is 0 Å². The first-order chi connectivity index (χ1) is 27.3. The number of hydrogen-bond donors (Lipinski definition) is 0. The van der Waals surface area contributed by atoms with Gasteiger partial charge in [0, 0.05) is 49.3 Å². The lowest BCUT2D eigenvalue weighted by atomic mass is 9.97.